The SMILES string of the molecule is O=C(Cc1cn2ccsc2n1)c1ccc(Cl)cc1Cl. The summed E-state index contributed by atoms with van der Waals surface area (Å²) in [5.74, 6) is -0.0626. The van der Waals surface area contributed by atoms with Crippen LogP contribution < -0.4 is 0 Å². The van der Waals surface area contributed by atoms with E-state index in [-0.39, 0.29) is 12.2 Å². The fourth-order valence-corrected chi connectivity index (χ4v) is 3.07. The minimum atomic E-state index is -0.0626. The average Bonchev–Trinajstić information content (AvgIpc) is 2.89. The molecule has 0 spiro atoms. The van der Waals surface area contributed by atoms with E-state index in [0.717, 1.165) is 10.7 Å². The Bertz CT molecular complexity index is 734. The molecule has 0 radical (unpaired) electrons. The molecular formula is C13H8Cl2N2OS. The molecule has 0 saturated carbocycles. The van der Waals surface area contributed by atoms with Crippen LogP contribution in [0.3, 0.4) is 0 Å². The molecule has 0 atom stereocenters. The molecular weight excluding hydrogens is 303 g/mol. The fourth-order valence-electron chi connectivity index (χ4n) is 1.84. The van der Waals surface area contributed by atoms with Crippen LogP contribution in [0.2, 0.25) is 10.0 Å². The van der Waals surface area contributed by atoms with Crippen LogP contribution in [0.15, 0.2) is 36.0 Å². The van der Waals surface area contributed by atoms with Crippen LogP contribution in [0.25, 0.3) is 4.96 Å². The summed E-state index contributed by atoms with van der Waals surface area (Å²) in [7, 11) is 0. The van der Waals surface area contributed by atoms with Crippen molar-refractivity contribution in [1.29, 1.82) is 0 Å². The largest absolute Gasteiger partial charge is 0.297 e. The lowest BCUT2D eigenvalue weighted by molar-refractivity contribution is 0.0992. The highest BCUT2D eigenvalue weighted by atomic mass is 35.5. The summed E-state index contributed by atoms with van der Waals surface area (Å²) in [6.45, 7) is 0. The first kappa shape index (κ1) is 12.7. The van der Waals surface area contributed by atoms with Crippen molar-refractivity contribution < 1.29 is 4.79 Å². The quantitative estimate of drug-likeness (QED) is 0.682. The number of carbonyl (C=O) groups is 1. The first-order chi connectivity index (χ1) is 9.13. The van der Waals surface area contributed by atoms with Gasteiger partial charge in [-0.3, -0.25) is 9.20 Å². The monoisotopic (exact) mass is 310 g/mol. The molecule has 19 heavy (non-hydrogen) atoms. The first-order valence-electron chi connectivity index (χ1n) is 5.53. The number of imidazole rings is 1. The molecule has 0 aliphatic carbocycles. The van der Waals surface area contributed by atoms with Crippen molar-refractivity contribution in [3.8, 4) is 0 Å². The van der Waals surface area contributed by atoms with E-state index in [4.69, 9.17) is 23.2 Å². The van der Waals surface area contributed by atoms with Crippen LogP contribution in [0.1, 0.15) is 16.1 Å². The zero-order valence-corrected chi connectivity index (χ0v) is 12.0. The maximum atomic E-state index is 12.2. The van der Waals surface area contributed by atoms with E-state index in [1.54, 1.807) is 18.2 Å². The van der Waals surface area contributed by atoms with E-state index in [1.165, 1.54) is 11.3 Å². The molecule has 2 aromatic heterocycles. The normalized spacial score (nSPS) is 11.1. The molecule has 3 nitrogen and oxygen atoms in total. The molecule has 0 aliphatic heterocycles. The third-order valence-corrected chi connectivity index (χ3v) is 4.03. The first-order valence-corrected chi connectivity index (χ1v) is 7.16. The Kier molecular flexibility index (Phi) is 3.31. The van der Waals surface area contributed by atoms with Crippen LogP contribution in [0, 0.1) is 0 Å². The minimum Gasteiger partial charge on any atom is -0.297 e. The number of nitrogens with zero attached hydrogens (tertiary/aromatic N) is 2. The second-order valence-corrected chi connectivity index (χ2v) is 5.77. The maximum absolute atomic E-state index is 12.2. The highest BCUT2D eigenvalue weighted by Gasteiger charge is 2.13. The lowest BCUT2D eigenvalue weighted by Crippen LogP contribution is -2.04. The minimum absolute atomic E-state index is 0.0626. The average molecular weight is 311 g/mol. The molecule has 96 valence electrons. The number of hydrogen-bond acceptors (Lipinski definition) is 3. The maximum Gasteiger partial charge on any atom is 0.193 e. The van der Waals surface area contributed by atoms with Gasteiger partial charge in [-0.25, -0.2) is 4.98 Å². The van der Waals surface area contributed by atoms with Gasteiger partial charge in [0.1, 0.15) is 0 Å². The van der Waals surface area contributed by atoms with Gasteiger partial charge >= 0.3 is 0 Å². The Labute approximate surface area is 123 Å². The Hall–Kier alpha value is -1.36. The molecule has 0 saturated heterocycles. The molecule has 0 fully saturated rings. The van der Waals surface area contributed by atoms with Crippen LogP contribution in [0.4, 0.5) is 0 Å². The predicted octanol–water partition coefficient (Wildman–Crippen LogP) is 4.13. The van der Waals surface area contributed by atoms with Crippen molar-refractivity contribution in [3.63, 3.8) is 0 Å². The van der Waals surface area contributed by atoms with E-state index < -0.39 is 0 Å². The van der Waals surface area contributed by atoms with Gasteiger partial charge in [-0.1, -0.05) is 23.2 Å². The zero-order chi connectivity index (χ0) is 13.4. The number of Topliss-reactive ketones (excluding diaryl/α,β-unsaturated/α-hetero) is 1. The van der Waals surface area contributed by atoms with Gasteiger partial charge in [0.2, 0.25) is 0 Å². The number of thiazole rings is 1. The van der Waals surface area contributed by atoms with Crippen LogP contribution in [0.5, 0.6) is 0 Å². The zero-order valence-electron chi connectivity index (χ0n) is 9.64. The third-order valence-electron chi connectivity index (χ3n) is 2.72. The summed E-state index contributed by atoms with van der Waals surface area (Å²) in [4.78, 5) is 17.4. The number of hydrogen-bond donors (Lipinski definition) is 0. The second kappa shape index (κ2) is 4.96. The number of ketones is 1. The number of aromatic nitrogens is 2. The van der Waals surface area contributed by atoms with Gasteiger partial charge in [0.25, 0.3) is 0 Å². The Morgan fingerprint density at radius 3 is 2.95 bits per heavy atom. The Balaban J connectivity index is 1.86. The Morgan fingerprint density at radius 2 is 2.21 bits per heavy atom. The Morgan fingerprint density at radius 1 is 1.37 bits per heavy atom. The molecule has 0 unspecified atom stereocenters. The van der Waals surface area contributed by atoms with E-state index in [0.29, 0.717) is 15.6 Å². The second-order valence-electron chi connectivity index (χ2n) is 4.05. The highest BCUT2D eigenvalue weighted by Crippen LogP contribution is 2.22. The summed E-state index contributed by atoms with van der Waals surface area (Å²) < 4.78 is 1.90. The summed E-state index contributed by atoms with van der Waals surface area (Å²) in [5, 5.41) is 2.84. The number of halogens is 2. The predicted molar refractivity (Wildman–Crippen MR) is 77.6 cm³/mol. The molecule has 0 bridgehead atoms. The summed E-state index contributed by atoms with van der Waals surface area (Å²) in [5.41, 5.74) is 1.21. The van der Waals surface area contributed by atoms with Gasteiger partial charge in [-0.05, 0) is 18.2 Å². The van der Waals surface area contributed by atoms with E-state index in [2.05, 4.69) is 4.98 Å². The lowest BCUT2D eigenvalue weighted by atomic mass is 10.1. The van der Waals surface area contributed by atoms with Crippen molar-refractivity contribution in [3.05, 3.63) is 57.3 Å². The van der Waals surface area contributed by atoms with E-state index >= 15 is 0 Å². The topological polar surface area (TPSA) is 34.4 Å². The van der Waals surface area contributed by atoms with Gasteiger partial charge in [0, 0.05) is 28.4 Å². The van der Waals surface area contributed by atoms with Gasteiger partial charge in [-0.15, -0.1) is 11.3 Å². The number of fused-ring (bicyclic) bond motifs is 1. The summed E-state index contributed by atoms with van der Waals surface area (Å²) >= 11 is 13.4. The number of carbonyl (C=O) groups excluding carboxylic acids is 1. The molecule has 6 heteroatoms. The molecule has 1 aromatic carbocycles. The van der Waals surface area contributed by atoms with Gasteiger partial charge in [0.15, 0.2) is 10.7 Å². The van der Waals surface area contributed by atoms with Crippen LogP contribution in [-0.4, -0.2) is 15.2 Å². The molecule has 0 N–H and O–H groups in total. The van der Waals surface area contributed by atoms with Crippen molar-refractivity contribution in [2.45, 2.75) is 6.42 Å². The van der Waals surface area contributed by atoms with Crippen molar-refractivity contribution >= 4 is 45.3 Å². The summed E-state index contributed by atoms with van der Waals surface area (Å²) in [6.07, 6.45) is 4.00. The molecule has 0 amide bonds. The lowest BCUT2D eigenvalue weighted by Gasteiger charge is -2.02. The van der Waals surface area contributed by atoms with Crippen molar-refractivity contribution in [2.24, 2.45) is 0 Å². The molecule has 2 heterocycles. The van der Waals surface area contributed by atoms with Gasteiger partial charge < -0.3 is 0 Å². The standard InChI is InChI=1S/C13H8Cl2N2OS/c14-8-1-2-10(11(15)5-8)12(18)6-9-7-17-3-4-19-13(17)16-9/h1-5,7H,6H2. The fraction of sp³-hybridized carbons (Fsp3) is 0.0769. The molecule has 0 aliphatic rings. The van der Waals surface area contributed by atoms with E-state index in [9.17, 15) is 4.79 Å². The van der Waals surface area contributed by atoms with Crippen molar-refractivity contribution in [1.82, 2.24) is 9.38 Å². The molecule has 3 aromatic rings. The van der Waals surface area contributed by atoms with Crippen LogP contribution in [-0.2, 0) is 6.42 Å². The number of benzene rings is 1. The number of rotatable bonds is 3. The smallest absolute Gasteiger partial charge is 0.193 e. The van der Waals surface area contributed by atoms with Gasteiger partial charge in [0.05, 0.1) is 17.1 Å². The summed E-state index contributed by atoms with van der Waals surface area (Å²) in [6, 6.07) is 4.87. The third kappa shape index (κ3) is 2.52. The molecule has 3 rings (SSSR count). The highest BCUT2D eigenvalue weighted by molar-refractivity contribution is 7.15. The van der Waals surface area contributed by atoms with Gasteiger partial charge in [-0.2, -0.15) is 0 Å². The van der Waals surface area contributed by atoms with Crippen molar-refractivity contribution in [2.75, 3.05) is 0 Å². The van der Waals surface area contributed by atoms with Crippen LogP contribution >= 0.6 is 34.5 Å². The van der Waals surface area contributed by atoms with E-state index in [1.807, 2.05) is 22.2 Å².